The average Bonchev–Trinajstić information content (AvgIpc) is 2.97. The molecule has 4 bridgehead atoms. The maximum absolute atomic E-state index is 13.5. The molecule has 2 aliphatic heterocycles. The summed E-state index contributed by atoms with van der Waals surface area (Å²) >= 11 is 0. The molecule has 3 aromatic carbocycles. The van der Waals surface area contributed by atoms with Crippen LogP contribution in [0.4, 0.5) is 16.4 Å². The first-order valence-electron chi connectivity index (χ1n) is 13.8. The topological polar surface area (TPSA) is 143 Å². The second kappa shape index (κ2) is 11.0. The highest BCUT2D eigenvalue weighted by atomic mass is 32.2. The van der Waals surface area contributed by atoms with Crippen LogP contribution < -0.4 is 20.1 Å². The fourth-order valence-corrected chi connectivity index (χ4v) is 6.37. The molecular formula is C31H30N6O5S. The van der Waals surface area contributed by atoms with Gasteiger partial charge in [-0.05, 0) is 55.3 Å². The minimum Gasteiger partial charge on any atom is -0.451 e. The molecule has 3 N–H and O–H groups in total. The Labute approximate surface area is 249 Å². The second-order valence-corrected chi connectivity index (χ2v) is 12.3. The number of nitrogens with one attached hydrogen (secondary N) is 3. The summed E-state index contributed by atoms with van der Waals surface area (Å²) in [5.41, 5.74) is 2.74. The molecule has 6 rings (SSSR count). The molecule has 0 atom stereocenters. The van der Waals surface area contributed by atoms with E-state index in [-0.39, 0.29) is 54.2 Å². The van der Waals surface area contributed by atoms with Gasteiger partial charge in [0.15, 0.2) is 5.72 Å². The lowest BCUT2D eigenvalue weighted by Crippen LogP contribution is -2.60. The van der Waals surface area contributed by atoms with Gasteiger partial charge in [-0.3, -0.25) is 4.79 Å². The predicted molar refractivity (Wildman–Crippen MR) is 161 cm³/mol. The van der Waals surface area contributed by atoms with Crippen molar-refractivity contribution in [2.24, 2.45) is 0 Å². The van der Waals surface area contributed by atoms with Crippen LogP contribution in [0.2, 0.25) is 0 Å². The van der Waals surface area contributed by atoms with Gasteiger partial charge in [-0.1, -0.05) is 42.5 Å². The number of para-hydroxylation sites is 1. The Morgan fingerprint density at radius 1 is 0.930 bits per heavy atom. The van der Waals surface area contributed by atoms with Crippen molar-refractivity contribution >= 4 is 33.6 Å². The number of amides is 3. The Kier molecular flexibility index (Phi) is 7.22. The van der Waals surface area contributed by atoms with E-state index < -0.39 is 21.7 Å². The SMILES string of the molecule is Cc1cccc(C)c1-c1cc2nc(n1)NS(=O)(=O)c1cccc(c1)C(=O)NC1(CCN(C(=O)Nc3ccccc3)CC1)O2. The molecule has 220 valence electrons. The summed E-state index contributed by atoms with van der Waals surface area (Å²) in [5.74, 6) is -0.594. The van der Waals surface area contributed by atoms with Gasteiger partial charge in [0.05, 0.1) is 10.6 Å². The van der Waals surface area contributed by atoms with E-state index in [1.165, 1.54) is 24.3 Å². The summed E-state index contributed by atoms with van der Waals surface area (Å²) in [6.45, 7) is 4.45. The van der Waals surface area contributed by atoms with Gasteiger partial charge in [-0.15, -0.1) is 0 Å². The number of carbonyl (C=O) groups excluding carboxylic acids is 2. The number of hydrogen-bond acceptors (Lipinski definition) is 7. The molecule has 0 unspecified atom stereocenters. The number of urea groups is 1. The van der Waals surface area contributed by atoms with Crippen LogP contribution >= 0.6 is 0 Å². The van der Waals surface area contributed by atoms with Gasteiger partial charge in [0.1, 0.15) is 0 Å². The number of likely N-dealkylation sites (tertiary alicyclic amines) is 1. The number of benzene rings is 3. The van der Waals surface area contributed by atoms with Crippen molar-refractivity contribution in [2.45, 2.75) is 37.3 Å². The number of sulfonamides is 1. The van der Waals surface area contributed by atoms with E-state index >= 15 is 0 Å². The van der Waals surface area contributed by atoms with Crippen molar-refractivity contribution in [3.63, 3.8) is 0 Å². The molecule has 1 fully saturated rings. The van der Waals surface area contributed by atoms with E-state index in [4.69, 9.17) is 4.74 Å². The summed E-state index contributed by atoms with van der Waals surface area (Å²) in [5, 5.41) is 5.88. The Hall–Kier alpha value is -4.97. The maximum Gasteiger partial charge on any atom is 0.321 e. The highest BCUT2D eigenvalue weighted by Crippen LogP contribution is 2.33. The molecule has 12 heteroatoms. The molecule has 3 amide bonds. The zero-order valence-corrected chi connectivity index (χ0v) is 24.4. The smallest absolute Gasteiger partial charge is 0.321 e. The van der Waals surface area contributed by atoms with E-state index in [1.54, 1.807) is 11.0 Å². The minimum absolute atomic E-state index is 0.0806. The summed E-state index contributed by atoms with van der Waals surface area (Å²) in [6, 6.07) is 22.1. The summed E-state index contributed by atoms with van der Waals surface area (Å²) in [4.78, 5) is 37.0. The quantitative estimate of drug-likeness (QED) is 0.303. The van der Waals surface area contributed by atoms with Crippen molar-refractivity contribution in [3.05, 3.63) is 95.6 Å². The van der Waals surface area contributed by atoms with Crippen molar-refractivity contribution in [1.82, 2.24) is 20.2 Å². The lowest BCUT2D eigenvalue weighted by molar-refractivity contribution is -0.0152. The normalized spacial score (nSPS) is 17.0. The van der Waals surface area contributed by atoms with E-state index in [0.29, 0.717) is 11.4 Å². The molecule has 1 aromatic heterocycles. The predicted octanol–water partition coefficient (Wildman–Crippen LogP) is 4.71. The lowest BCUT2D eigenvalue weighted by Gasteiger charge is -2.41. The van der Waals surface area contributed by atoms with Gasteiger partial charge in [0.25, 0.3) is 15.9 Å². The number of fused-ring (bicyclic) bond motifs is 4. The van der Waals surface area contributed by atoms with Gasteiger partial charge in [-0.2, -0.15) is 4.98 Å². The molecule has 43 heavy (non-hydrogen) atoms. The Morgan fingerprint density at radius 3 is 2.35 bits per heavy atom. The number of nitrogens with zero attached hydrogens (tertiary/aromatic N) is 3. The second-order valence-electron chi connectivity index (χ2n) is 10.6. The molecule has 0 saturated carbocycles. The van der Waals surface area contributed by atoms with Crippen molar-refractivity contribution < 1.29 is 22.7 Å². The van der Waals surface area contributed by atoms with Crippen LogP contribution in [0.15, 0.2) is 83.8 Å². The highest BCUT2D eigenvalue weighted by Gasteiger charge is 2.41. The van der Waals surface area contributed by atoms with Crippen molar-refractivity contribution in [3.8, 4) is 17.1 Å². The molecule has 3 heterocycles. The number of rotatable bonds is 2. The first-order valence-corrected chi connectivity index (χ1v) is 15.3. The van der Waals surface area contributed by atoms with Gasteiger partial charge in [0.2, 0.25) is 11.8 Å². The van der Waals surface area contributed by atoms with Crippen LogP contribution in [-0.2, 0) is 10.0 Å². The summed E-state index contributed by atoms with van der Waals surface area (Å²) in [6.07, 6.45) is 0.509. The average molecular weight is 599 g/mol. The van der Waals surface area contributed by atoms with E-state index in [9.17, 15) is 18.0 Å². The zero-order valence-electron chi connectivity index (χ0n) is 23.6. The van der Waals surface area contributed by atoms with Crippen LogP contribution in [0.5, 0.6) is 5.88 Å². The first-order chi connectivity index (χ1) is 20.6. The fraction of sp³-hybridized carbons (Fsp3) is 0.226. The Balaban J connectivity index is 1.39. The standard InChI is InChI=1S/C31H30N6O5S/c1-20-8-6-9-21(2)27(20)25-19-26-34-29(33-25)36-43(40,41)24-13-7-10-22(18-24)28(38)35-31(42-26)14-16-37(17-15-31)30(39)32-23-11-4-3-5-12-23/h3-13,18-19H,14-17H2,1-2H3,(H,32,39)(H,35,38)(H,33,34,36). The molecule has 1 spiro atoms. The molecule has 1 saturated heterocycles. The van der Waals surface area contributed by atoms with Gasteiger partial charge < -0.3 is 20.3 Å². The third kappa shape index (κ3) is 5.86. The molecule has 2 aliphatic rings. The first kappa shape index (κ1) is 28.2. The van der Waals surface area contributed by atoms with Crippen LogP contribution in [0, 0.1) is 13.8 Å². The monoisotopic (exact) mass is 598 g/mol. The third-order valence-electron chi connectivity index (χ3n) is 7.60. The van der Waals surface area contributed by atoms with Crippen LogP contribution in [0.25, 0.3) is 11.3 Å². The molecule has 4 aromatic rings. The van der Waals surface area contributed by atoms with E-state index in [2.05, 4.69) is 25.3 Å². The van der Waals surface area contributed by atoms with Crippen molar-refractivity contribution in [2.75, 3.05) is 23.1 Å². The number of carbonyl (C=O) groups is 2. The maximum atomic E-state index is 13.5. The number of aromatic nitrogens is 2. The summed E-state index contributed by atoms with van der Waals surface area (Å²) in [7, 11) is -4.13. The number of piperidine rings is 1. The van der Waals surface area contributed by atoms with E-state index in [1.807, 2.05) is 62.4 Å². The van der Waals surface area contributed by atoms with E-state index in [0.717, 1.165) is 16.7 Å². The lowest BCUT2D eigenvalue weighted by atomic mass is 9.98. The largest absolute Gasteiger partial charge is 0.451 e. The molecular weight excluding hydrogens is 568 g/mol. The number of anilines is 2. The van der Waals surface area contributed by atoms with Crippen LogP contribution in [-0.4, -0.2) is 54.0 Å². The number of ether oxygens (including phenoxy) is 1. The van der Waals surface area contributed by atoms with Crippen LogP contribution in [0.3, 0.4) is 0 Å². The number of aryl methyl sites for hydroxylation is 2. The molecule has 0 radical (unpaired) electrons. The minimum atomic E-state index is -4.13. The Bertz CT molecular complexity index is 1800. The third-order valence-corrected chi connectivity index (χ3v) is 8.92. The number of hydrogen-bond donors (Lipinski definition) is 3. The van der Waals surface area contributed by atoms with Gasteiger partial charge in [-0.25, -0.2) is 22.9 Å². The fourth-order valence-electron chi connectivity index (χ4n) is 5.38. The van der Waals surface area contributed by atoms with Gasteiger partial charge >= 0.3 is 6.03 Å². The van der Waals surface area contributed by atoms with Gasteiger partial charge in [0, 0.05) is 48.8 Å². The summed E-state index contributed by atoms with van der Waals surface area (Å²) < 4.78 is 35.5. The zero-order chi connectivity index (χ0) is 30.2. The molecule has 0 aliphatic carbocycles. The highest BCUT2D eigenvalue weighted by molar-refractivity contribution is 7.92. The molecule has 11 nitrogen and oxygen atoms in total. The Morgan fingerprint density at radius 2 is 1.63 bits per heavy atom. The van der Waals surface area contributed by atoms with Crippen molar-refractivity contribution in [1.29, 1.82) is 0 Å². The van der Waals surface area contributed by atoms with Crippen LogP contribution in [0.1, 0.15) is 34.3 Å².